The van der Waals surface area contributed by atoms with Gasteiger partial charge in [-0.15, -0.1) is 0 Å². The van der Waals surface area contributed by atoms with Gasteiger partial charge in [0.25, 0.3) is 5.91 Å². The number of pyridine rings is 1. The summed E-state index contributed by atoms with van der Waals surface area (Å²) in [5, 5.41) is 11.6. The fourth-order valence-electron chi connectivity index (χ4n) is 2.41. The van der Waals surface area contributed by atoms with Gasteiger partial charge in [0.15, 0.2) is 0 Å². The summed E-state index contributed by atoms with van der Waals surface area (Å²) >= 11 is 0. The third kappa shape index (κ3) is 4.39. The van der Waals surface area contributed by atoms with E-state index in [4.69, 9.17) is 5.11 Å². The normalized spacial score (nSPS) is 11.7. The van der Waals surface area contributed by atoms with Gasteiger partial charge in [-0.3, -0.25) is 14.6 Å². The van der Waals surface area contributed by atoms with Crippen LogP contribution in [0.4, 0.5) is 0 Å². The van der Waals surface area contributed by atoms with Gasteiger partial charge in [0.1, 0.15) is 0 Å². The molecule has 1 heterocycles. The Kier molecular flexibility index (Phi) is 5.46. The molecule has 1 atom stereocenters. The van der Waals surface area contributed by atoms with Gasteiger partial charge in [0.05, 0.1) is 5.69 Å². The van der Waals surface area contributed by atoms with Crippen molar-refractivity contribution in [3.63, 3.8) is 0 Å². The van der Waals surface area contributed by atoms with Crippen LogP contribution in [-0.4, -0.2) is 28.5 Å². The molecular weight excluding hydrogens is 292 g/mol. The Balaban J connectivity index is 2.14. The molecular formula is C18H20N2O3. The number of aliphatic carboxylic acids is 1. The third-order valence-electron chi connectivity index (χ3n) is 3.65. The van der Waals surface area contributed by atoms with E-state index < -0.39 is 5.97 Å². The van der Waals surface area contributed by atoms with E-state index in [9.17, 15) is 9.59 Å². The Hall–Kier alpha value is -2.69. The van der Waals surface area contributed by atoms with E-state index in [1.807, 2.05) is 37.3 Å². The lowest BCUT2D eigenvalue weighted by molar-refractivity contribution is -0.137. The first kappa shape index (κ1) is 16.7. The Morgan fingerprint density at radius 1 is 1.22 bits per heavy atom. The lowest BCUT2D eigenvalue weighted by Gasteiger charge is -2.13. The van der Waals surface area contributed by atoms with Crippen molar-refractivity contribution in [3.05, 3.63) is 53.7 Å². The van der Waals surface area contributed by atoms with Gasteiger partial charge >= 0.3 is 5.97 Å². The number of hydrogen-bond donors (Lipinski definition) is 2. The van der Waals surface area contributed by atoms with Crippen LogP contribution in [0.3, 0.4) is 0 Å². The van der Waals surface area contributed by atoms with Gasteiger partial charge in [0.2, 0.25) is 0 Å². The summed E-state index contributed by atoms with van der Waals surface area (Å²) in [4.78, 5) is 27.3. The number of carbonyl (C=O) groups excluding carboxylic acids is 1. The molecule has 5 heteroatoms. The maximum absolute atomic E-state index is 12.4. The summed E-state index contributed by atoms with van der Waals surface area (Å²) in [7, 11) is 0. The first-order chi connectivity index (χ1) is 11.0. The first-order valence-corrected chi connectivity index (χ1v) is 7.50. The minimum Gasteiger partial charge on any atom is -0.481 e. The van der Waals surface area contributed by atoms with Gasteiger partial charge in [-0.25, -0.2) is 0 Å². The van der Waals surface area contributed by atoms with Crippen LogP contribution in [0.15, 0.2) is 42.6 Å². The van der Waals surface area contributed by atoms with Crippen LogP contribution in [0.1, 0.15) is 29.3 Å². The summed E-state index contributed by atoms with van der Waals surface area (Å²) in [6.45, 7) is 4.02. The lowest BCUT2D eigenvalue weighted by Crippen LogP contribution is -2.29. The average molecular weight is 312 g/mol. The van der Waals surface area contributed by atoms with Gasteiger partial charge < -0.3 is 10.4 Å². The Morgan fingerprint density at radius 2 is 2.00 bits per heavy atom. The van der Waals surface area contributed by atoms with Gasteiger partial charge in [0, 0.05) is 30.3 Å². The molecule has 1 unspecified atom stereocenters. The first-order valence-electron chi connectivity index (χ1n) is 7.50. The number of carboxylic acids is 1. The highest BCUT2D eigenvalue weighted by molar-refractivity contribution is 5.97. The summed E-state index contributed by atoms with van der Waals surface area (Å²) in [5.74, 6) is -1.17. The van der Waals surface area contributed by atoms with Crippen molar-refractivity contribution >= 4 is 11.9 Å². The second kappa shape index (κ2) is 7.54. The quantitative estimate of drug-likeness (QED) is 0.859. The molecule has 0 aliphatic heterocycles. The molecule has 120 valence electrons. The van der Waals surface area contributed by atoms with Crippen molar-refractivity contribution in [3.8, 4) is 11.3 Å². The molecule has 1 aromatic carbocycles. The number of amides is 1. The topological polar surface area (TPSA) is 79.3 Å². The van der Waals surface area contributed by atoms with E-state index in [2.05, 4.69) is 10.3 Å². The molecule has 0 fully saturated rings. The van der Waals surface area contributed by atoms with E-state index in [-0.39, 0.29) is 18.2 Å². The van der Waals surface area contributed by atoms with Gasteiger partial charge in [-0.1, -0.05) is 25.1 Å². The molecule has 0 saturated carbocycles. The molecule has 2 N–H and O–H groups in total. The van der Waals surface area contributed by atoms with Gasteiger partial charge in [-0.2, -0.15) is 0 Å². The van der Waals surface area contributed by atoms with Gasteiger partial charge in [-0.05, 0) is 36.6 Å². The Morgan fingerprint density at radius 3 is 2.65 bits per heavy atom. The van der Waals surface area contributed by atoms with E-state index in [1.165, 1.54) is 0 Å². The standard InChI is InChI=1S/C18H20N2O3/c1-12(10-17(21)22)11-20-18(23)15-7-5-6-14(13(15)2)16-8-3-4-9-19-16/h3-9,12H,10-11H2,1-2H3,(H,20,23)(H,21,22). The molecule has 0 aliphatic rings. The number of nitrogens with one attached hydrogen (secondary N) is 1. The molecule has 0 spiro atoms. The van der Waals surface area contributed by atoms with Crippen molar-refractivity contribution in [1.29, 1.82) is 0 Å². The Labute approximate surface area is 135 Å². The van der Waals surface area contributed by atoms with E-state index in [0.29, 0.717) is 12.1 Å². The summed E-state index contributed by atoms with van der Waals surface area (Å²) < 4.78 is 0. The molecule has 5 nitrogen and oxygen atoms in total. The number of rotatable bonds is 6. The van der Waals surface area contributed by atoms with Crippen LogP contribution in [0.5, 0.6) is 0 Å². The molecule has 23 heavy (non-hydrogen) atoms. The van der Waals surface area contributed by atoms with E-state index >= 15 is 0 Å². The predicted octanol–water partition coefficient (Wildman–Crippen LogP) is 2.90. The van der Waals surface area contributed by atoms with Crippen molar-refractivity contribution in [2.45, 2.75) is 20.3 Å². The molecule has 0 radical (unpaired) electrons. The summed E-state index contributed by atoms with van der Waals surface area (Å²) in [6, 6.07) is 11.2. The van der Waals surface area contributed by atoms with E-state index in [0.717, 1.165) is 16.8 Å². The molecule has 0 bridgehead atoms. The largest absolute Gasteiger partial charge is 0.481 e. The molecule has 0 aliphatic carbocycles. The third-order valence-corrected chi connectivity index (χ3v) is 3.65. The van der Waals surface area contributed by atoms with Crippen LogP contribution >= 0.6 is 0 Å². The van der Waals surface area contributed by atoms with Crippen molar-refractivity contribution in [2.75, 3.05) is 6.54 Å². The SMILES string of the molecule is Cc1c(C(=O)NCC(C)CC(=O)O)cccc1-c1ccccn1. The number of benzene rings is 1. The number of nitrogens with zero attached hydrogens (tertiary/aromatic N) is 1. The summed E-state index contributed by atoms with van der Waals surface area (Å²) in [6.07, 6.45) is 1.75. The zero-order chi connectivity index (χ0) is 16.8. The van der Waals surface area contributed by atoms with Crippen LogP contribution in [0.25, 0.3) is 11.3 Å². The molecule has 2 aromatic rings. The van der Waals surface area contributed by atoms with Crippen LogP contribution in [0, 0.1) is 12.8 Å². The number of carbonyl (C=O) groups is 2. The number of carboxylic acid groups (broad SMARTS) is 1. The fraction of sp³-hybridized carbons (Fsp3) is 0.278. The van der Waals surface area contributed by atoms with Crippen LogP contribution in [-0.2, 0) is 4.79 Å². The molecule has 1 amide bonds. The second-order valence-corrected chi connectivity index (χ2v) is 5.61. The van der Waals surface area contributed by atoms with Crippen molar-refractivity contribution in [1.82, 2.24) is 10.3 Å². The molecule has 2 rings (SSSR count). The number of aromatic nitrogens is 1. The second-order valence-electron chi connectivity index (χ2n) is 5.61. The zero-order valence-corrected chi connectivity index (χ0v) is 13.2. The summed E-state index contributed by atoms with van der Waals surface area (Å²) in [5.41, 5.74) is 3.17. The van der Waals surface area contributed by atoms with Crippen molar-refractivity contribution in [2.24, 2.45) is 5.92 Å². The highest BCUT2D eigenvalue weighted by atomic mass is 16.4. The van der Waals surface area contributed by atoms with Crippen molar-refractivity contribution < 1.29 is 14.7 Å². The number of hydrogen-bond acceptors (Lipinski definition) is 3. The van der Waals surface area contributed by atoms with Crippen LogP contribution in [0.2, 0.25) is 0 Å². The minimum atomic E-state index is -0.861. The monoisotopic (exact) mass is 312 g/mol. The lowest BCUT2D eigenvalue weighted by atomic mass is 9.99. The maximum atomic E-state index is 12.4. The minimum absolute atomic E-state index is 0.0350. The highest BCUT2D eigenvalue weighted by Crippen LogP contribution is 2.23. The predicted molar refractivity (Wildman–Crippen MR) is 88.2 cm³/mol. The Bertz CT molecular complexity index is 699. The average Bonchev–Trinajstić information content (AvgIpc) is 2.53. The smallest absolute Gasteiger partial charge is 0.303 e. The zero-order valence-electron chi connectivity index (χ0n) is 13.2. The molecule has 1 aromatic heterocycles. The maximum Gasteiger partial charge on any atom is 0.303 e. The fourth-order valence-corrected chi connectivity index (χ4v) is 2.41. The van der Waals surface area contributed by atoms with Crippen LogP contribution < -0.4 is 5.32 Å². The molecule has 0 saturated heterocycles. The van der Waals surface area contributed by atoms with E-state index in [1.54, 1.807) is 19.2 Å². The highest BCUT2D eigenvalue weighted by Gasteiger charge is 2.14.